The molecular weight excluding hydrogens is 402 g/mol. The number of pyridine rings is 1. The van der Waals surface area contributed by atoms with E-state index in [0.717, 1.165) is 69.8 Å². The summed E-state index contributed by atoms with van der Waals surface area (Å²) in [5.74, 6) is 0.0434. The molecule has 7 heteroatoms. The van der Waals surface area contributed by atoms with Crippen LogP contribution in [-0.2, 0) is 16.0 Å². The van der Waals surface area contributed by atoms with Gasteiger partial charge in [0.05, 0.1) is 11.4 Å². The number of nitrogens with one attached hydrogen (secondary N) is 2. The van der Waals surface area contributed by atoms with E-state index in [1.165, 1.54) is 12.5 Å². The van der Waals surface area contributed by atoms with Crippen molar-refractivity contribution >= 4 is 23.2 Å². The summed E-state index contributed by atoms with van der Waals surface area (Å²) < 4.78 is 0. The monoisotopic (exact) mass is 437 g/mol. The fourth-order valence-corrected chi connectivity index (χ4v) is 3.97. The molecule has 0 unspecified atom stereocenters. The first-order chi connectivity index (χ1) is 15.6. The normalized spacial score (nSPS) is 14.2. The number of carbonyl (C=O) groups is 2. The first-order valence-electron chi connectivity index (χ1n) is 11.6. The Morgan fingerprint density at radius 2 is 1.72 bits per heavy atom. The van der Waals surface area contributed by atoms with Crippen LogP contribution in [0.4, 0.5) is 11.4 Å². The highest BCUT2D eigenvalue weighted by Gasteiger charge is 2.19. The second-order valence-electron chi connectivity index (χ2n) is 8.29. The van der Waals surface area contributed by atoms with E-state index < -0.39 is 0 Å². The second kappa shape index (κ2) is 12.8. The SMILES string of the molecule is CC(=O)NCCCCCC(=O)Nc1ccccc1N1CCN(CCc2ccncc2)CC1. The van der Waals surface area contributed by atoms with Crippen molar-refractivity contribution in [1.82, 2.24) is 15.2 Å². The predicted molar refractivity (Wildman–Crippen MR) is 129 cm³/mol. The Morgan fingerprint density at radius 1 is 0.969 bits per heavy atom. The third-order valence-electron chi connectivity index (χ3n) is 5.81. The van der Waals surface area contributed by atoms with E-state index in [9.17, 15) is 9.59 Å². The maximum atomic E-state index is 12.4. The zero-order chi connectivity index (χ0) is 22.6. The lowest BCUT2D eigenvalue weighted by atomic mass is 10.1. The van der Waals surface area contributed by atoms with Crippen LogP contribution >= 0.6 is 0 Å². The Kier molecular flexibility index (Phi) is 9.50. The molecule has 0 atom stereocenters. The summed E-state index contributed by atoms with van der Waals surface area (Å²) in [5.41, 5.74) is 3.31. The number of benzene rings is 1. The van der Waals surface area contributed by atoms with Crippen molar-refractivity contribution in [3.05, 3.63) is 54.4 Å². The molecule has 1 aromatic heterocycles. The molecular formula is C25H35N5O2. The van der Waals surface area contributed by atoms with Gasteiger partial charge in [-0.3, -0.25) is 19.5 Å². The number of anilines is 2. The molecule has 1 aromatic carbocycles. The lowest BCUT2D eigenvalue weighted by Crippen LogP contribution is -2.47. The van der Waals surface area contributed by atoms with Crippen molar-refractivity contribution in [2.45, 2.75) is 39.0 Å². The summed E-state index contributed by atoms with van der Waals surface area (Å²) in [4.78, 5) is 32.3. The van der Waals surface area contributed by atoms with Crippen LogP contribution in [0.3, 0.4) is 0 Å². The van der Waals surface area contributed by atoms with Crippen LogP contribution in [0.25, 0.3) is 0 Å². The number of amides is 2. The van der Waals surface area contributed by atoms with E-state index >= 15 is 0 Å². The number of hydrogen-bond donors (Lipinski definition) is 2. The molecule has 1 saturated heterocycles. The van der Waals surface area contributed by atoms with Gasteiger partial charge in [0.2, 0.25) is 11.8 Å². The van der Waals surface area contributed by atoms with Crippen LogP contribution in [0.15, 0.2) is 48.8 Å². The molecule has 1 aliphatic rings. The first-order valence-corrected chi connectivity index (χ1v) is 11.6. The molecule has 3 rings (SSSR count). The van der Waals surface area contributed by atoms with Gasteiger partial charge in [-0.05, 0) is 49.1 Å². The van der Waals surface area contributed by atoms with Crippen LogP contribution in [0.5, 0.6) is 0 Å². The second-order valence-corrected chi connectivity index (χ2v) is 8.29. The maximum absolute atomic E-state index is 12.4. The molecule has 2 amide bonds. The van der Waals surface area contributed by atoms with E-state index in [1.54, 1.807) is 0 Å². The average Bonchev–Trinajstić information content (AvgIpc) is 2.81. The Morgan fingerprint density at radius 3 is 2.47 bits per heavy atom. The smallest absolute Gasteiger partial charge is 0.224 e. The lowest BCUT2D eigenvalue weighted by Gasteiger charge is -2.37. The number of carbonyl (C=O) groups excluding carboxylic acids is 2. The van der Waals surface area contributed by atoms with Crippen LogP contribution in [0, 0.1) is 0 Å². The quantitative estimate of drug-likeness (QED) is 0.528. The first kappa shape index (κ1) is 23.7. The van der Waals surface area contributed by atoms with Gasteiger partial charge in [0.15, 0.2) is 0 Å². The predicted octanol–water partition coefficient (Wildman–Crippen LogP) is 3.08. The zero-order valence-corrected chi connectivity index (χ0v) is 19.1. The highest BCUT2D eigenvalue weighted by Crippen LogP contribution is 2.27. The molecule has 2 aromatic rings. The lowest BCUT2D eigenvalue weighted by molar-refractivity contribution is -0.119. The van der Waals surface area contributed by atoms with Gasteiger partial charge in [-0.25, -0.2) is 0 Å². The van der Waals surface area contributed by atoms with Gasteiger partial charge in [-0.2, -0.15) is 0 Å². The van der Waals surface area contributed by atoms with E-state index in [2.05, 4.69) is 43.6 Å². The van der Waals surface area contributed by atoms with Gasteiger partial charge < -0.3 is 15.5 Å². The highest BCUT2D eigenvalue weighted by atomic mass is 16.2. The minimum Gasteiger partial charge on any atom is -0.367 e. The number of rotatable bonds is 11. The van der Waals surface area contributed by atoms with Crippen molar-refractivity contribution in [3.63, 3.8) is 0 Å². The molecule has 0 bridgehead atoms. The third-order valence-corrected chi connectivity index (χ3v) is 5.81. The summed E-state index contributed by atoms with van der Waals surface area (Å²) in [6.45, 7) is 7.18. The molecule has 2 heterocycles. The number of para-hydroxylation sites is 2. The molecule has 1 aliphatic heterocycles. The fraction of sp³-hybridized carbons (Fsp3) is 0.480. The van der Waals surface area contributed by atoms with E-state index in [-0.39, 0.29) is 11.8 Å². The van der Waals surface area contributed by atoms with E-state index in [1.807, 2.05) is 30.6 Å². The number of nitrogens with zero attached hydrogens (tertiary/aromatic N) is 3. The molecule has 0 saturated carbocycles. The topological polar surface area (TPSA) is 77.6 Å². The minimum atomic E-state index is -0.00562. The van der Waals surface area contributed by atoms with Crippen LogP contribution in [-0.4, -0.2) is 61.0 Å². The Hall–Kier alpha value is -2.93. The number of hydrogen-bond acceptors (Lipinski definition) is 5. The highest BCUT2D eigenvalue weighted by molar-refractivity contribution is 5.94. The molecule has 32 heavy (non-hydrogen) atoms. The van der Waals surface area contributed by atoms with E-state index in [0.29, 0.717) is 13.0 Å². The summed E-state index contributed by atoms with van der Waals surface area (Å²) in [5, 5.41) is 5.89. The number of piperazine rings is 1. The maximum Gasteiger partial charge on any atom is 0.224 e. The van der Waals surface area contributed by atoms with E-state index in [4.69, 9.17) is 0 Å². The average molecular weight is 438 g/mol. The van der Waals surface area contributed by atoms with Crippen LogP contribution in [0.2, 0.25) is 0 Å². The Balaban J connectivity index is 1.42. The van der Waals surface area contributed by atoms with Crippen molar-refractivity contribution in [2.24, 2.45) is 0 Å². The Labute approximate surface area is 191 Å². The third kappa shape index (κ3) is 7.96. The standard InChI is InChI=1S/C25H35N5O2/c1-21(31)27-13-6-2-3-9-25(32)28-23-7-4-5-8-24(23)30-19-17-29(18-20-30)16-12-22-10-14-26-15-11-22/h4-5,7-8,10-11,14-15H,2-3,6,9,12-13,16-20H2,1H3,(H,27,31)(H,28,32). The molecule has 172 valence electrons. The molecule has 0 radical (unpaired) electrons. The fourth-order valence-electron chi connectivity index (χ4n) is 3.97. The largest absolute Gasteiger partial charge is 0.367 e. The van der Waals surface area contributed by atoms with Crippen LogP contribution in [0.1, 0.15) is 38.2 Å². The van der Waals surface area contributed by atoms with Crippen molar-refractivity contribution < 1.29 is 9.59 Å². The molecule has 2 N–H and O–H groups in total. The molecule has 7 nitrogen and oxygen atoms in total. The van der Waals surface area contributed by atoms with Crippen molar-refractivity contribution in [2.75, 3.05) is 49.5 Å². The molecule has 1 fully saturated rings. The van der Waals surface area contributed by atoms with Gasteiger partial charge >= 0.3 is 0 Å². The van der Waals surface area contributed by atoms with Gasteiger partial charge in [0.25, 0.3) is 0 Å². The zero-order valence-electron chi connectivity index (χ0n) is 19.1. The summed E-state index contributed by atoms with van der Waals surface area (Å²) in [7, 11) is 0. The minimum absolute atomic E-state index is 0.00562. The van der Waals surface area contributed by atoms with Gasteiger partial charge in [-0.1, -0.05) is 18.6 Å². The van der Waals surface area contributed by atoms with Gasteiger partial charge in [0, 0.05) is 65.0 Å². The van der Waals surface area contributed by atoms with Crippen molar-refractivity contribution in [3.8, 4) is 0 Å². The summed E-state index contributed by atoms with van der Waals surface area (Å²) >= 11 is 0. The van der Waals surface area contributed by atoms with Crippen LogP contribution < -0.4 is 15.5 Å². The van der Waals surface area contributed by atoms with Gasteiger partial charge in [0.1, 0.15) is 0 Å². The summed E-state index contributed by atoms with van der Waals surface area (Å²) in [6.07, 6.45) is 7.89. The Bertz CT molecular complexity index is 850. The number of unbranched alkanes of at least 4 members (excludes halogenated alkanes) is 2. The summed E-state index contributed by atoms with van der Waals surface area (Å²) in [6, 6.07) is 12.2. The van der Waals surface area contributed by atoms with Gasteiger partial charge in [-0.15, -0.1) is 0 Å². The number of aromatic nitrogens is 1. The van der Waals surface area contributed by atoms with Crippen molar-refractivity contribution in [1.29, 1.82) is 0 Å². The molecule has 0 spiro atoms. The molecule has 0 aliphatic carbocycles.